The molecule has 0 aromatic carbocycles. The standard InChI is InChI=1S/C11H22N2O2/c1-8-6-12-7-9(8)13-10(14)5-11(2,3)15-4/h8-9,12H,5-7H2,1-4H3,(H,13,14). The highest BCUT2D eigenvalue weighted by Gasteiger charge is 2.27. The van der Waals surface area contributed by atoms with Crippen molar-refractivity contribution in [2.45, 2.75) is 38.8 Å². The van der Waals surface area contributed by atoms with Gasteiger partial charge >= 0.3 is 0 Å². The van der Waals surface area contributed by atoms with E-state index in [4.69, 9.17) is 4.74 Å². The second-order valence-electron chi connectivity index (χ2n) is 4.95. The largest absolute Gasteiger partial charge is 0.378 e. The fourth-order valence-electron chi connectivity index (χ4n) is 1.72. The first-order valence-corrected chi connectivity index (χ1v) is 5.50. The van der Waals surface area contributed by atoms with Crippen molar-refractivity contribution < 1.29 is 9.53 Å². The molecule has 0 bridgehead atoms. The Balaban J connectivity index is 2.36. The third-order valence-corrected chi connectivity index (χ3v) is 3.00. The first kappa shape index (κ1) is 12.5. The molecule has 15 heavy (non-hydrogen) atoms. The fraction of sp³-hybridized carbons (Fsp3) is 0.909. The van der Waals surface area contributed by atoms with E-state index in [-0.39, 0.29) is 17.6 Å². The van der Waals surface area contributed by atoms with E-state index in [1.54, 1.807) is 7.11 Å². The molecular weight excluding hydrogens is 192 g/mol. The van der Waals surface area contributed by atoms with Crippen LogP contribution in [-0.4, -0.2) is 37.7 Å². The average molecular weight is 214 g/mol. The molecule has 0 aromatic heterocycles. The van der Waals surface area contributed by atoms with Crippen LogP contribution < -0.4 is 10.6 Å². The summed E-state index contributed by atoms with van der Waals surface area (Å²) in [5, 5.41) is 6.30. The summed E-state index contributed by atoms with van der Waals surface area (Å²) in [5.41, 5.74) is -0.376. The third-order valence-electron chi connectivity index (χ3n) is 3.00. The molecule has 2 unspecified atom stereocenters. The lowest BCUT2D eigenvalue weighted by Crippen LogP contribution is -2.42. The molecule has 4 nitrogen and oxygen atoms in total. The molecule has 1 fully saturated rings. The quantitative estimate of drug-likeness (QED) is 0.717. The Kier molecular flexibility index (Phi) is 4.11. The minimum absolute atomic E-state index is 0.0717. The lowest BCUT2D eigenvalue weighted by atomic mass is 10.0. The molecule has 0 spiro atoms. The summed E-state index contributed by atoms with van der Waals surface area (Å²) < 4.78 is 5.22. The Morgan fingerprint density at radius 2 is 2.20 bits per heavy atom. The van der Waals surface area contributed by atoms with Crippen molar-refractivity contribution in [3.63, 3.8) is 0 Å². The van der Waals surface area contributed by atoms with E-state index in [2.05, 4.69) is 17.6 Å². The van der Waals surface area contributed by atoms with E-state index in [9.17, 15) is 4.79 Å². The van der Waals surface area contributed by atoms with E-state index >= 15 is 0 Å². The van der Waals surface area contributed by atoms with Gasteiger partial charge in [0, 0.05) is 19.7 Å². The van der Waals surface area contributed by atoms with Gasteiger partial charge in [-0.2, -0.15) is 0 Å². The van der Waals surface area contributed by atoms with E-state index < -0.39 is 0 Å². The normalized spacial score (nSPS) is 26.7. The molecule has 1 rings (SSSR count). The predicted molar refractivity (Wildman–Crippen MR) is 59.7 cm³/mol. The zero-order valence-electron chi connectivity index (χ0n) is 10.1. The predicted octanol–water partition coefficient (Wildman–Crippen LogP) is 0.526. The number of ether oxygens (including phenoxy) is 1. The molecule has 1 heterocycles. The number of amides is 1. The van der Waals surface area contributed by atoms with Crippen LogP contribution >= 0.6 is 0 Å². The fourth-order valence-corrected chi connectivity index (χ4v) is 1.72. The third kappa shape index (κ3) is 3.80. The van der Waals surface area contributed by atoms with Gasteiger partial charge in [0.2, 0.25) is 5.91 Å². The average Bonchev–Trinajstić information content (AvgIpc) is 2.51. The Hall–Kier alpha value is -0.610. The first-order valence-electron chi connectivity index (χ1n) is 5.50. The number of hydrogen-bond acceptors (Lipinski definition) is 3. The van der Waals surface area contributed by atoms with Gasteiger partial charge in [0.15, 0.2) is 0 Å². The minimum atomic E-state index is -0.376. The summed E-state index contributed by atoms with van der Waals surface area (Å²) in [7, 11) is 1.63. The second kappa shape index (κ2) is 4.94. The number of rotatable bonds is 4. The van der Waals surface area contributed by atoms with Crippen LogP contribution in [0.2, 0.25) is 0 Å². The van der Waals surface area contributed by atoms with Crippen molar-refractivity contribution in [2.75, 3.05) is 20.2 Å². The van der Waals surface area contributed by atoms with Gasteiger partial charge in [-0.15, -0.1) is 0 Å². The molecule has 0 saturated carbocycles. The lowest BCUT2D eigenvalue weighted by molar-refractivity contribution is -0.126. The van der Waals surface area contributed by atoms with Crippen LogP contribution in [-0.2, 0) is 9.53 Å². The van der Waals surface area contributed by atoms with Crippen LogP contribution in [0.5, 0.6) is 0 Å². The van der Waals surface area contributed by atoms with Crippen molar-refractivity contribution in [3.8, 4) is 0 Å². The molecule has 2 atom stereocenters. The number of carbonyl (C=O) groups is 1. The zero-order valence-corrected chi connectivity index (χ0v) is 10.1. The molecular formula is C11H22N2O2. The minimum Gasteiger partial charge on any atom is -0.378 e. The summed E-state index contributed by atoms with van der Waals surface area (Å²) in [6.45, 7) is 7.84. The van der Waals surface area contributed by atoms with E-state index in [1.165, 1.54) is 0 Å². The maximum atomic E-state index is 11.7. The molecule has 0 aromatic rings. The van der Waals surface area contributed by atoms with Crippen molar-refractivity contribution in [2.24, 2.45) is 5.92 Å². The molecule has 0 radical (unpaired) electrons. The van der Waals surface area contributed by atoms with Crippen LogP contribution in [0.4, 0.5) is 0 Å². The number of methoxy groups -OCH3 is 1. The Bertz CT molecular complexity index is 229. The molecule has 1 aliphatic heterocycles. The Morgan fingerprint density at radius 3 is 2.67 bits per heavy atom. The highest BCUT2D eigenvalue weighted by atomic mass is 16.5. The van der Waals surface area contributed by atoms with E-state index in [1.807, 2.05) is 13.8 Å². The summed E-state index contributed by atoms with van der Waals surface area (Å²) in [4.78, 5) is 11.7. The maximum Gasteiger partial charge on any atom is 0.223 e. The van der Waals surface area contributed by atoms with Crippen LogP contribution in [0.3, 0.4) is 0 Å². The first-order chi connectivity index (χ1) is 6.94. The van der Waals surface area contributed by atoms with Crippen LogP contribution in [0, 0.1) is 5.92 Å². The summed E-state index contributed by atoms with van der Waals surface area (Å²) in [6, 6.07) is 0.269. The Morgan fingerprint density at radius 1 is 1.53 bits per heavy atom. The van der Waals surface area contributed by atoms with Crippen molar-refractivity contribution >= 4 is 5.91 Å². The molecule has 4 heteroatoms. The SMILES string of the molecule is COC(C)(C)CC(=O)NC1CNCC1C. The number of carbonyl (C=O) groups excluding carboxylic acids is 1. The van der Waals surface area contributed by atoms with Crippen LogP contribution in [0.1, 0.15) is 27.2 Å². The topological polar surface area (TPSA) is 50.4 Å². The van der Waals surface area contributed by atoms with Crippen molar-refractivity contribution in [1.82, 2.24) is 10.6 Å². The highest BCUT2D eigenvalue weighted by Crippen LogP contribution is 2.14. The Labute approximate surface area is 91.8 Å². The monoisotopic (exact) mass is 214 g/mol. The summed E-state index contributed by atoms with van der Waals surface area (Å²) >= 11 is 0. The molecule has 1 amide bonds. The molecule has 1 saturated heterocycles. The van der Waals surface area contributed by atoms with Crippen molar-refractivity contribution in [1.29, 1.82) is 0 Å². The van der Waals surface area contributed by atoms with E-state index in [0.29, 0.717) is 12.3 Å². The number of nitrogens with one attached hydrogen (secondary N) is 2. The summed E-state index contributed by atoms with van der Waals surface area (Å²) in [5.74, 6) is 0.585. The highest BCUT2D eigenvalue weighted by molar-refractivity contribution is 5.77. The van der Waals surface area contributed by atoms with Gasteiger partial charge in [-0.3, -0.25) is 4.79 Å². The molecule has 0 aliphatic carbocycles. The van der Waals surface area contributed by atoms with Gasteiger partial charge in [0.05, 0.1) is 12.0 Å². The molecule has 2 N–H and O–H groups in total. The molecule has 88 valence electrons. The van der Waals surface area contributed by atoms with E-state index in [0.717, 1.165) is 13.1 Å². The van der Waals surface area contributed by atoms with Crippen LogP contribution in [0.25, 0.3) is 0 Å². The second-order valence-corrected chi connectivity index (χ2v) is 4.95. The van der Waals surface area contributed by atoms with Gasteiger partial charge in [0.25, 0.3) is 0 Å². The maximum absolute atomic E-state index is 11.7. The zero-order chi connectivity index (χ0) is 11.5. The van der Waals surface area contributed by atoms with Gasteiger partial charge < -0.3 is 15.4 Å². The summed E-state index contributed by atoms with van der Waals surface area (Å²) in [6.07, 6.45) is 0.409. The van der Waals surface area contributed by atoms with Gasteiger partial charge in [-0.25, -0.2) is 0 Å². The molecule has 1 aliphatic rings. The van der Waals surface area contributed by atoms with Crippen LogP contribution in [0.15, 0.2) is 0 Å². The lowest BCUT2D eigenvalue weighted by Gasteiger charge is -2.24. The van der Waals surface area contributed by atoms with Crippen molar-refractivity contribution in [3.05, 3.63) is 0 Å². The van der Waals surface area contributed by atoms with Gasteiger partial charge in [0.1, 0.15) is 0 Å². The van der Waals surface area contributed by atoms with Gasteiger partial charge in [-0.1, -0.05) is 6.92 Å². The number of hydrogen-bond donors (Lipinski definition) is 2. The van der Waals surface area contributed by atoms with Gasteiger partial charge in [-0.05, 0) is 26.3 Å². The smallest absolute Gasteiger partial charge is 0.223 e.